The maximum atomic E-state index is 12.6. The first-order chi connectivity index (χ1) is 12.3. The average molecular weight is 384 g/mol. The van der Waals surface area contributed by atoms with Gasteiger partial charge in [0.1, 0.15) is 6.54 Å². The lowest BCUT2D eigenvalue weighted by Gasteiger charge is -2.31. The fraction of sp³-hybridized carbons (Fsp3) is 0.667. The van der Waals surface area contributed by atoms with Gasteiger partial charge in [-0.2, -0.15) is 4.31 Å². The number of hydrogen-bond acceptors (Lipinski definition) is 4. The number of sulfonamides is 1. The van der Waals surface area contributed by atoms with Crippen molar-refractivity contribution in [2.75, 3.05) is 20.1 Å². The van der Waals surface area contributed by atoms with E-state index in [-0.39, 0.29) is 28.9 Å². The Morgan fingerprint density at radius 3 is 2.35 bits per heavy atom. The Kier molecular flexibility index (Phi) is 7.00. The molecule has 0 radical (unpaired) electrons. The van der Waals surface area contributed by atoms with Crippen LogP contribution in [-0.2, 0) is 21.4 Å². The normalized spacial score (nSPS) is 16.0. The van der Waals surface area contributed by atoms with Gasteiger partial charge in [-0.1, -0.05) is 33.1 Å². The molecule has 7 nitrogen and oxygen atoms in total. The highest BCUT2D eigenvalue weighted by Gasteiger charge is 2.25. The van der Waals surface area contributed by atoms with Crippen molar-refractivity contribution in [2.45, 2.75) is 63.4 Å². The lowest BCUT2D eigenvalue weighted by atomic mass is 9.94. The van der Waals surface area contributed by atoms with Crippen molar-refractivity contribution >= 4 is 15.9 Å². The summed E-state index contributed by atoms with van der Waals surface area (Å²) in [6.45, 7) is 4.08. The number of rotatable bonds is 7. The molecule has 1 heterocycles. The highest BCUT2D eigenvalue weighted by atomic mass is 32.2. The summed E-state index contributed by atoms with van der Waals surface area (Å²) in [5.41, 5.74) is -0.381. The van der Waals surface area contributed by atoms with Gasteiger partial charge in [-0.3, -0.25) is 9.59 Å². The van der Waals surface area contributed by atoms with E-state index >= 15 is 0 Å². The van der Waals surface area contributed by atoms with Crippen LogP contribution in [0, 0.1) is 0 Å². The second-order valence-electron chi connectivity index (χ2n) is 6.72. The molecule has 1 fully saturated rings. The van der Waals surface area contributed by atoms with E-state index in [1.54, 1.807) is 25.8 Å². The van der Waals surface area contributed by atoms with Crippen LogP contribution in [0.15, 0.2) is 28.0 Å². The van der Waals surface area contributed by atoms with Crippen LogP contribution in [0.3, 0.4) is 0 Å². The highest BCUT2D eigenvalue weighted by Crippen LogP contribution is 2.22. The van der Waals surface area contributed by atoms with Crippen molar-refractivity contribution in [3.8, 4) is 0 Å². The van der Waals surface area contributed by atoms with Gasteiger partial charge < -0.3 is 9.47 Å². The molecule has 0 unspecified atom stereocenters. The predicted molar refractivity (Wildman–Crippen MR) is 100 cm³/mol. The number of nitrogens with zero attached hydrogens (tertiary/aromatic N) is 3. The van der Waals surface area contributed by atoms with E-state index in [1.807, 2.05) is 0 Å². The molecule has 0 spiro atoms. The minimum Gasteiger partial charge on any atom is -0.341 e. The van der Waals surface area contributed by atoms with E-state index in [2.05, 4.69) is 0 Å². The summed E-state index contributed by atoms with van der Waals surface area (Å²) < 4.78 is 27.8. The van der Waals surface area contributed by atoms with E-state index < -0.39 is 10.0 Å². The van der Waals surface area contributed by atoms with Gasteiger partial charge in [-0.15, -0.1) is 0 Å². The van der Waals surface area contributed by atoms with Gasteiger partial charge in [0, 0.05) is 38.4 Å². The number of carbonyl (C=O) groups excluding carboxylic acids is 1. The quantitative estimate of drug-likeness (QED) is 0.717. The topological polar surface area (TPSA) is 79.7 Å². The van der Waals surface area contributed by atoms with Crippen LogP contribution in [0.5, 0.6) is 0 Å². The van der Waals surface area contributed by atoms with Crippen molar-refractivity contribution in [2.24, 2.45) is 0 Å². The van der Waals surface area contributed by atoms with Gasteiger partial charge in [0.05, 0.1) is 4.90 Å². The second-order valence-corrected chi connectivity index (χ2v) is 8.65. The summed E-state index contributed by atoms with van der Waals surface area (Å²) >= 11 is 0. The zero-order valence-corrected chi connectivity index (χ0v) is 16.7. The Labute approximate surface area is 155 Å². The Hall–Kier alpha value is -1.67. The van der Waals surface area contributed by atoms with Crippen LogP contribution in [0.4, 0.5) is 0 Å². The first kappa shape index (κ1) is 20.6. The van der Waals surface area contributed by atoms with Gasteiger partial charge in [-0.25, -0.2) is 8.42 Å². The zero-order valence-electron chi connectivity index (χ0n) is 15.8. The van der Waals surface area contributed by atoms with Gasteiger partial charge >= 0.3 is 0 Å². The molecule has 146 valence electrons. The molecule has 1 aliphatic rings. The number of hydrogen-bond donors (Lipinski definition) is 0. The molecule has 2 rings (SSSR count). The summed E-state index contributed by atoms with van der Waals surface area (Å²) in [5.74, 6) is -0.170. The first-order valence-electron chi connectivity index (χ1n) is 9.27. The maximum Gasteiger partial charge on any atom is 0.251 e. The molecule has 26 heavy (non-hydrogen) atoms. The minimum absolute atomic E-state index is 0.0360. The van der Waals surface area contributed by atoms with Crippen LogP contribution < -0.4 is 5.56 Å². The third kappa shape index (κ3) is 4.54. The molecule has 0 aromatic carbocycles. The summed E-state index contributed by atoms with van der Waals surface area (Å²) in [7, 11) is -1.90. The van der Waals surface area contributed by atoms with E-state index in [4.69, 9.17) is 0 Å². The van der Waals surface area contributed by atoms with Crippen LogP contribution in [0.25, 0.3) is 0 Å². The number of likely N-dealkylation sites (N-methyl/N-ethyl adjacent to an activating group) is 1. The van der Waals surface area contributed by atoms with E-state index in [0.29, 0.717) is 13.1 Å². The number of pyridine rings is 1. The standard InChI is InChI=1S/C18H29N3O4S/c1-4-21(5-2)26(24,25)16-11-12-17(22)20(13-16)14-18(23)19(3)15-9-7-6-8-10-15/h11-13,15H,4-10,14H2,1-3H3. The van der Waals surface area contributed by atoms with Crippen LogP contribution in [0.1, 0.15) is 46.0 Å². The van der Waals surface area contributed by atoms with Crippen LogP contribution in [-0.4, -0.2) is 54.3 Å². The molecular formula is C18H29N3O4S. The maximum absolute atomic E-state index is 12.6. The van der Waals surface area contributed by atoms with E-state index in [0.717, 1.165) is 25.7 Å². The largest absolute Gasteiger partial charge is 0.341 e. The Morgan fingerprint density at radius 1 is 1.15 bits per heavy atom. The third-order valence-electron chi connectivity index (χ3n) is 5.12. The number of aromatic nitrogens is 1. The van der Waals surface area contributed by atoms with E-state index in [9.17, 15) is 18.0 Å². The summed E-state index contributed by atoms with van der Waals surface area (Å²) in [6.07, 6.45) is 6.66. The Morgan fingerprint density at radius 2 is 1.77 bits per heavy atom. The van der Waals surface area contributed by atoms with Crippen molar-refractivity contribution in [1.29, 1.82) is 0 Å². The highest BCUT2D eigenvalue weighted by molar-refractivity contribution is 7.89. The smallest absolute Gasteiger partial charge is 0.251 e. The molecule has 0 N–H and O–H groups in total. The van der Waals surface area contributed by atoms with Crippen LogP contribution >= 0.6 is 0 Å². The first-order valence-corrected chi connectivity index (χ1v) is 10.7. The molecule has 1 amide bonds. The monoisotopic (exact) mass is 383 g/mol. The van der Waals surface area contributed by atoms with Crippen molar-refractivity contribution in [1.82, 2.24) is 13.8 Å². The van der Waals surface area contributed by atoms with Gasteiger partial charge in [0.15, 0.2) is 0 Å². The Bertz CT molecular complexity index is 778. The molecule has 0 saturated heterocycles. The SMILES string of the molecule is CCN(CC)S(=O)(=O)c1ccc(=O)n(CC(=O)N(C)C2CCCCC2)c1. The molecule has 1 saturated carbocycles. The lowest BCUT2D eigenvalue weighted by molar-refractivity contribution is -0.133. The van der Waals surface area contributed by atoms with Gasteiger partial charge in [0.25, 0.3) is 5.56 Å². The molecule has 0 atom stereocenters. The van der Waals surface area contributed by atoms with Crippen molar-refractivity contribution in [3.63, 3.8) is 0 Å². The predicted octanol–water partition coefficient (Wildman–Crippen LogP) is 1.67. The van der Waals surface area contributed by atoms with Crippen LogP contribution in [0.2, 0.25) is 0 Å². The fourth-order valence-electron chi connectivity index (χ4n) is 3.43. The van der Waals surface area contributed by atoms with E-state index in [1.165, 1.54) is 33.6 Å². The second kappa shape index (κ2) is 8.81. The summed E-state index contributed by atoms with van der Waals surface area (Å²) in [4.78, 5) is 26.4. The molecule has 0 aliphatic heterocycles. The molecule has 0 bridgehead atoms. The van der Waals surface area contributed by atoms with Gasteiger partial charge in [0.2, 0.25) is 15.9 Å². The molecule has 1 aromatic rings. The zero-order chi connectivity index (χ0) is 19.3. The molecule has 8 heteroatoms. The average Bonchev–Trinajstić information content (AvgIpc) is 2.64. The molecule has 1 aliphatic carbocycles. The van der Waals surface area contributed by atoms with Gasteiger partial charge in [-0.05, 0) is 18.9 Å². The fourth-order valence-corrected chi connectivity index (χ4v) is 4.91. The lowest BCUT2D eigenvalue weighted by Crippen LogP contribution is -2.41. The third-order valence-corrected chi connectivity index (χ3v) is 7.15. The number of carbonyl (C=O) groups is 1. The summed E-state index contributed by atoms with van der Waals surface area (Å²) in [5, 5.41) is 0. The molecule has 1 aromatic heterocycles. The summed E-state index contributed by atoms with van der Waals surface area (Å²) in [6, 6.07) is 2.72. The molecular weight excluding hydrogens is 354 g/mol. The van der Waals surface area contributed by atoms with Crippen molar-refractivity contribution in [3.05, 3.63) is 28.7 Å². The number of amides is 1. The Balaban J connectivity index is 2.22. The van der Waals surface area contributed by atoms with Crippen molar-refractivity contribution < 1.29 is 13.2 Å². The minimum atomic E-state index is -3.67.